The van der Waals surface area contributed by atoms with Gasteiger partial charge < -0.3 is 15.4 Å². The maximum Gasteiger partial charge on any atom is 0.225 e. The van der Waals surface area contributed by atoms with Crippen LogP contribution in [0.2, 0.25) is 0 Å². The standard InChI is InChI=1S/C22H32N2O2.ClH/c1-26-20-7-5-15(6-8-20)16-9-11-24(12-10-16)22(25)19-13-17-3-2-4-18(14-19)21(17)23;/h5-8,16-19,21H,2-4,9-14,23H2,1H3;1H. The number of rotatable bonds is 3. The zero-order valence-corrected chi connectivity index (χ0v) is 17.1. The average molecular weight is 393 g/mol. The lowest BCUT2D eigenvalue weighted by molar-refractivity contribution is -0.139. The van der Waals surface area contributed by atoms with Gasteiger partial charge in [-0.25, -0.2) is 0 Å². The molecule has 150 valence electrons. The van der Waals surface area contributed by atoms with Gasteiger partial charge in [0.15, 0.2) is 0 Å². The van der Waals surface area contributed by atoms with Crippen LogP contribution < -0.4 is 10.5 Å². The van der Waals surface area contributed by atoms with Crippen molar-refractivity contribution in [3.05, 3.63) is 29.8 Å². The number of piperidine rings is 1. The van der Waals surface area contributed by atoms with Crippen LogP contribution in [0.4, 0.5) is 0 Å². The van der Waals surface area contributed by atoms with E-state index < -0.39 is 0 Å². The number of halogens is 1. The molecule has 0 radical (unpaired) electrons. The van der Waals surface area contributed by atoms with Crippen LogP contribution >= 0.6 is 12.4 Å². The van der Waals surface area contributed by atoms with Crippen LogP contribution in [0.3, 0.4) is 0 Å². The number of hydrogen-bond donors (Lipinski definition) is 1. The summed E-state index contributed by atoms with van der Waals surface area (Å²) in [4.78, 5) is 15.2. The summed E-state index contributed by atoms with van der Waals surface area (Å²) in [5.74, 6) is 3.25. The fourth-order valence-corrected chi connectivity index (χ4v) is 5.56. The first-order valence-electron chi connectivity index (χ1n) is 10.3. The third kappa shape index (κ3) is 4.27. The van der Waals surface area contributed by atoms with Crippen LogP contribution in [-0.4, -0.2) is 37.0 Å². The zero-order chi connectivity index (χ0) is 18.1. The highest BCUT2D eigenvalue weighted by Crippen LogP contribution is 2.43. The Bertz CT molecular complexity index is 614. The van der Waals surface area contributed by atoms with E-state index in [4.69, 9.17) is 10.5 Å². The van der Waals surface area contributed by atoms with Gasteiger partial charge in [0, 0.05) is 25.0 Å². The van der Waals surface area contributed by atoms with E-state index in [9.17, 15) is 4.79 Å². The molecule has 4 nitrogen and oxygen atoms in total. The fourth-order valence-electron chi connectivity index (χ4n) is 5.56. The van der Waals surface area contributed by atoms with Gasteiger partial charge in [-0.2, -0.15) is 0 Å². The summed E-state index contributed by atoms with van der Waals surface area (Å²) in [5, 5.41) is 0. The molecule has 3 aliphatic rings. The predicted octanol–water partition coefficient (Wildman–Crippen LogP) is 3.98. The zero-order valence-electron chi connectivity index (χ0n) is 16.3. The minimum atomic E-state index is 0. The summed E-state index contributed by atoms with van der Waals surface area (Å²) in [6.07, 6.45) is 7.93. The third-order valence-electron chi connectivity index (χ3n) is 7.16. The lowest BCUT2D eigenvalue weighted by atomic mass is 9.65. The Morgan fingerprint density at radius 2 is 1.63 bits per heavy atom. The molecule has 27 heavy (non-hydrogen) atoms. The quantitative estimate of drug-likeness (QED) is 0.846. The van der Waals surface area contributed by atoms with Crippen LogP contribution in [0.25, 0.3) is 0 Å². The van der Waals surface area contributed by atoms with Crippen molar-refractivity contribution in [1.29, 1.82) is 0 Å². The Morgan fingerprint density at radius 3 is 2.19 bits per heavy atom. The highest BCUT2D eigenvalue weighted by Gasteiger charge is 2.42. The minimum absolute atomic E-state index is 0. The van der Waals surface area contributed by atoms with E-state index in [2.05, 4.69) is 17.0 Å². The number of hydrogen-bond acceptors (Lipinski definition) is 3. The van der Waals surface area contributed by atoms with Crippen LogP contribution in [-0.2, 0) is 4.79 Å². The maximum atomic E-state index is 13.1. The van der Waals surface area contributed by atoms with Crippen LogP contribution in [0.5, 0.6) is 5.75 Å². The van der Waals surface area contributed by atoms with Crippen molar-refractivity contribution in [2.45, 2.75) is 56.9 Å². The first-order valence-corrected chi connectivity index (χ1v) is 10.3. The van der Waals surface area contributed by atoms with E-state index in [-0.39, 0.29) is 18.3 Å². The molecule has 2 saturated carbocycles. The Morgan fingerprint density at radius 1 is 1.04 bits per heavy atom. The van der Waals surface area contributed by atoms with E-state index in [1.54, 1.807) is 7.11 Å². The normalized spacial score (nSPS) is 31.1. The van der Waals surface area contributed by atoms with E-state index in [0.717, 1.165) is 44.5 Å². The molecule has 5 heteroatoms. The Kier molecular flexibility index (Phi) is 6.69. The Balaban J connectivity index is 0.00000210. The van der Waals surface area contributed by atoms with Gasteiger partial charge in [0.05, 0.1) is 7.11 Å². The molecule has 2 unspecified atom stereocenters. The van der Waals surface area contributed by atoms with Gasteiger partial charge in [0.25, 0.3) is 0 Å². The molecule has 1 aliphatic heterocycles. The summed E-state index contributed by atoms with van der Waals surface area (Å²) < 4.78 is 5.25. The highest BCUT2D eigenvalue weighted by atomic mass is 35.5. The van der Waals surface area contributed by atoms with Gasteiger partial charge in [-0.1, -0.05) is 18.6 Å². The van der Waals surface area contributed by atoms with Gasteiger partial charge in [0.1, 0.15) is 5.75 Å². The molecule has 2 bridgehead atoms. The van der Waals surface area contributed by atoms with Crippen molar-refractivity contribution in [2.75, 3.05) is 20.2 Å². The van der Waals surface area contributed by atoms with E-state index >= 15 is 0 Å². The predicted molar refractivity (Wildman–Crippen MR) is 110 cm³/mol. The minimum Gasteiger partial charge on any atom is -0.497 e. The van der Waals surface area contributed by atoms with Crippen LogP contribution in [0, 0.1) is 17.8 Å². The summed E-state index contributed by atoms with van der Waals surface area (Å²) in [6.45, 7) is 1.79. The van der Waals surface area contributed by atoms with Gasteiger partial charge in [0.2, 0.25) is 5.91 Å². The summed E-state index contributed by atoms with van der Waals surface area (Å²) >= 11 is 0. The van der Waals surface area contributed by atoms with Crippen molar-refractivity contribution < 1.29 is 9.53 Å². The monoisotopic (exact) mass is 392 g/mol. The fraction of sp³-hybridized carbons (Fsp3) is 0.682. The van der Waals surface area contributed by atoms with Gasteiger partial charge in [-0.05, 0) is 74.0 Å². The van der Waals surface area contributed by atoms with Crippen LogP contribution in [0.15, 0.2) is 24.3 Å². The Hall–Kier alpha value is -1.26. The molecule has 1 heterocycles. The van der Waals surface area contributed by atoms with Crippen molar-refractivity contribution in [3.8, 4) is 5.75 Å². The second kappa shape index (κ2) is 8.83. The molecular formula is C22H33ClN2O2. The number of fused-ring (bicyclic) bond motifs is 2. The molecular weight excluding hydrogens is 360 g/mol. The molecule has 1 aromatic carbocycles. The average Bonchev–Trinajstić information content (AvgIpc) is 2.67. The highest BCUT2D eigenvalue weighted by molar-refractivity contribution is 5.85. The SMILES string of the molecule is COc1ccc(C2CCN(C(=O)C3CC4CCCC(C3)C4N)CC2)cc1.Cl. The summed E-state index contributed by atoms with van der Waals surface area (Å²) in [5.41, 5.74) is 7.77. The summed E-state index contributed by atoms with van der Waals surface area (Å²) in [7, 11) is 1.70. The molecule has 1 amide bonds. The topological polar surface area (TPSA) is 55.6 Å². The largest absolute Gasteiger partial charge is 0.497 e. The number of carbonyl (C=O) groups excluding carboxylic acids is 1. The third-order valence-corrected chi connectivity index (χ3v) is 7.16. The number of nitrogens with zero attached hydrogens (tertiary/aromatic N) is 1. The van der Waals surface area contributed by atoms with E-state index in [1.165, 1.54) is 24.8 Å². The molecule has 2 aliphatic carbocycles. The van der Waals surface area contributed by atoms with Crippen molar-refractivity contribution >= 4 is 18.3 Å². The van der Waals surface area contributed by atoms with Gasteiger partial charge in [-0.3, -0.25) is 4.79 Å². The van der Waals surface area contributed by atoms with Gasteiger partial charge >= 0.3 is 0 Å². The number of benzene rings is 1. The second-order valence-electron chi connectivity index (χ2n) is 8.57. The van der Waals surface area contributed by atoms with Gasteiger partial charge in [-0.15, -0.1) is 12.4 Å². The molecule has 1 aromatic rings. The summed E-state index contributed by atoms with van der Waals surface area (Å²) in [6, 6.07) is 8.76. The number of nitrogens with two attached hydrogens (primary N) is 1. The van der Waals surface area contributed by atoms with E-state index in [0.29, 0.717) is 29.7 Å². The molecule has 0 aromatic heterocycles. The lowest BCUT2D eigenvalue weighted by Crippen LogP contribution is -2.50. The molecule has 1 saturated heterocycles. The lowest BCUT2D eigenvalue weighted by Gasteiger charge is -2.45. The first kappa shape index (κ1) is 20.5. The number of amides is 1. The van der Waals surface area contributed by atoms with Crippen molar-refractivity contribution in [2.24, 2.45) is 23.5 Å². The van der Waals surface area contributed by atoms with Crippen molar-refractivity contribution in [3.63, 3.8) is 0 Å². The number of ether oxygens (including phenoxy) is 1. The molecule has 2 N–H and O–H groups in total. The second-order valence-corrected chi connectivity index (χ2v) is 8.57. The smallest absolute Gasteiger partial charge is 0.225 e. The van der Waals surface area contributed by atoms with Crippen LogP contribution in [0.1, 0.15) is 56.4 Å². The molecule has 4 rings (SSSR count). The van der Waals surface area contributed by atoms with Crippen molar-refractivity contribution in [1.82, 2.24) is 4.90 Å². The number of methoxy groups -OCH3 is 1. The Labute approximate surface area is 169 Å². The molecule has 3 fully saturated rings. The maximum absolute atomic E-state index is 13.1. The first-order chi connectivity index (χ1) is 12.7. The number of carbonyl (C=O) groups is 1. The molecule has 0 spiro atoms. The molecule has 2 atom stereocenters. The van der Waals surface area contributed by atoms with E-state index in [1.807, 2.05) is 12.1 Å². The number of likely N-dealkylation sites (tertiary alicyclic amines) is 1.